The molecule has 95 heavy (non-hydrogen) atoms. The maximum Gasteiger partial charge on any atom is 0.306 e. The van der Waals surface area contributed by atoms with Crippen molar-refractivity contribution in [3.63, 3.8) is 0 Å². The first-order valence-corrected chi connectivity index (χ1v) is 40.7. The molecule has 0 spiro atoms. The summed E-state index contributed by atoms with van der Waals surface area (Å²) in [5.41, 5.74) is 0. The molecule has 6 N–H and O–H groups in total. The molecule has 8 atom stereocenters. The minimum absolute atomic E-state index is 0.127. The number of esters is 1. The van der Waals surface area contributed by atoms with E-state index in [-0.39, 0.29) is 19.4 Å². The third-order valence-corrected chi connectivity index (χ3v) is 19.1. The number of hydrogen-bond donors (Lipinski definition) is 6. The average Bonchev–Trinajstić information content (AvgIpc) is 0.829. The topological polar surface area (TPSA) is 175 Å². The van der Waals surface area contributed by atoms with Gasteiger partial charge in [0, 0.05) is 6.42 Å². The molecule has 0 radical (unpaired) electrons. The number of carbonyl (C=O) groups excluding carboxylic acids is 2. The summed E-state index contributed by atoms with van der Waals surface area (Å²) in [7, 11) is 0. The molecular formula is C84H153NO10. The van der Waals surface area contributed by atoms with E-state index in [1.54, 1.807) is 6.08 Å². The molecule has 0 aliphatic carbocycles. The van der Waals surface area contributed by atoms with Gasteiger partial charge < -0.3 is 45.1 Å². The van der Waals surface area contributed by atoms with Gasteiger partial charge in [-0.1, -0.05) is 383 Å². The largest absolute Gasteiger partial charge is 0.454 e. The molecule has 0 aromatic rings. The number of amides is 1. The first-order valence-electron chi connectivity index (χ1n) is 40.7. The second-order valence-corrected chi connectivity index (χ2v) is 28.1. The fraction of sp³-hybridized carbons (Fsp3) is 0.833. The molecule has 0 bridgehead atoms. The summed E-state index contributed by atoms with van der Waals surface area (Å²) in [6, 6.07) is -1.03. The van der Waals surface area contributed by atoms with Crippen LogP contribution in [0.2, 0.25) is 0 Å². The summed E-state index contributed by atoms with van der Waals surface area (Å²) in [5, 5.41) is 57.5. The molecule has 0 saturated carbocycles. The highest BCUT2D eigenvalue weighted by molar-refractivity contribution is 5.80. The van der Waals surface area contributed by atoms with Crippen LogP contribution in [0.25, 0.3) is 0 Å². The number of aliphatic hydroxyl groups excluding tert-OH is 5. The third-order valence-electron chi connectivity index (χ3n) is 19.1. The second-order valence-electron chi connectivity index (χ2n) is 28.1. The zero-order valence-corrected chi connectivity index (χ0v) is 62.0. The van der Waals surface area contributed by atoms with Gasteiger partial charge in [-0.3, -0.25) is 9.59 Å². The second kappa shape index (κ2) is 70.9. The van der Waals surface area contributed by atoms with Gasteiger partial charge in [0.05, 0.1) is 25.4 Å². The van der Waals surface area contributed by atoms with Crippen molar-refractivity contribution < 1.29 is 49.3 Å². The van der Waals surface area contributed by atoms with Crippen LogP contribution in [0.3, 0.4) is 0 Å². The Bertz CT molecular complexity index is 1830. The molecule has 1 fully saturated rings. The predicted molar refractivity (Wildman–Crippen MR) is 403 cm³/mol. The molecule has 1 amide bonds. The van der Waals surface area contributed by atoms with Gasteiger partial charge in [0.25, 0.3) is 0 Å². The number of carbonyl (C=O) groups is 2. The first kappa shape index (κ1) is 90.1. The van der Waals surface area contributed by atoms with E-state index >= 15 is 0 Å². The number of nitrogens with one attached hydrogen (secondary N) is 1. The standard InChI is InChI=1S/C84H153NO10/c1-4-7-10-13-16-19-22-25-27-29-31-33-35-37-39-41-43-45-47-49-51-54-57-60-63-66-69-72-79(89)95-82-81(91)80(90)78(73-86)94-84(82)93-74-75(76(87)70-67-64-61-58-55-52-24-21-18-15-12-9-6-3)85-83(92)77(88)71-68-65-62-59-56-53-50-48-46-44-42-40-38-36-34-32-30-28-26-23-20-17-14-11-8-5-2/h8,11,17,20,26,28,32,34,38,40,67,70,75-78,80-82,84,86-88,90-91H,4-7,9-10,12-16,18-19,21-25,27,29-31,33,35-37,39,41-66,68-69,71-74H2,1-3H3,(H,85,92)/b11-8-,20-17-,28-26-,34-32-,40-38-,70-67+. The molecule has 8 unspecified atom stereocenters. The van der Waals surface area contributed by atoms with Gasteiger partial charge in [-0.15, -0.1) is 0 Å². The zero-order valence-electron chi connectivity index (χ0n) is 62.0. The highest BCUT2D eigenvalue weighted by Crippen LogP contribution is 2.27. The van der Waals surface area contributed by atoms with Crippen molar-refractivity contribution >= 4 is 11.9 Å². The lowest BCUT2D eigenvalue weighted by Gasteiger charge is -2.41. The van der Waals surface area contributed by atoms with Crippen LogP contribution in [0.5, 0.6) is 0 Å². The Labute approximate surface area is 585 Å². The number of rotatable bonds is 71. The lowest BCUT2D eigenvalue weighted by atomic mass is 9.99. The van der Waals surface area contributed by atoms with E-state index < -0.39 is 67.4 Å². The number of unbranched alkanes of at least 4 members (excludes halogenated alkanes) is 47. The molecule has 554 valence electrons. The molecule has 11 heteroatoms. The lowest BCUT2D eigenvalue weighted by molar-refractivity contribution is -0.305. The molecule has 0 aromatic heterocycles. The highest BCUT2D eigenvalue weighted by Gasteiger charge is 2.47. The van der Waals surface area contributed by atoms with E-state index in [0.29, 0.717) is 12.8 Å². The quantitative estimate of drug-likeness (QED) is 0.0195. The third kappa shape index (κ3) is 57.6. The lowest BCUT2D eigenvalue weighted by Crippen LogP contribution is -2.61. The van der Waals surface area contributed by atoms with E-state index in [9.17, 15) is 35.1 Å². The Morgan fingerprint density at radius 1 is 0.421 bits per heavy atom. The molecule has 1 rings (SSSR count). The van der Waals surface area contributed by atoms with Crippen LogP contribution in [0, 0.1) is 0 Å². The molecule has 1 aliphatic rings. The van der Waals surface area contributed by atoms with Crippen molar-refractivity contribution in [1.82, 2.24) is 5.32 Å². The normalized spacial score (nSPS) is 18.1. The van der Waals surface area contributed by atoms with Crippen molar-refractivity contribution in [2.75, 3.05) is 13.2 Å². The summed E-state index contributed by atoms with van der Waals surface area (Å²) in [6.45, 7) is 5.75. The first-order chi connectivity index (χ1) is 46.7. The minimum Gasteiger partial charge on any atom is -0.454 e. The SMILES string of the molecule is CC/C=C\C/C=C\C/C=C\C/C=C\C/C=C\CCCCCCCCCCCCC(O)C(=O)NC(COC1OC(CO)C(O)C(O)C1OC(=O)CCCCCCCCCCCCCCCCCCCCCCCCCCCCC)C(O)/C=C/CCCCCCCCCCCCC. The fourth-order valence-corrected chi connectivity index (χ4v) is 12.8. The Kier molecular flexibility index (Phi) is 67.3. The van der Waals surface area contributed by atoms with Gasteiger partial charge in [-0.25, -0.2) is 0 Å². The smallest absolute Gasteiger partial charge is 0.306 e. The number of aliphatic hydroxyl groups is 5. The van der Waals surface area contributed by atoms with Crippen molar-refractivity contribution in [3.05, 3.63) is 72.9 Å². The number of ether oxygens (including phenoxy) is 3. The predicted octanol–water partition coefficient (Wildman–Crippen LogP) is 22.2. The Morgan fingerprint density at radius 3 is 1.14 bits per heavy atom. The summed E-state index contributed by atoms with van der Waals surface area (Å²) < 4.78 is 17.8. The van der Waals surface area contributed by atoms with E-state index in [0.717, 1.165) is 96.3 Å². The van der Waals surface area contributed by atoms with Gasteiger partial charge in [0.1, 0.15) is 24.4 Å². The van der Waals surface area contributed by atoms with E-state index in [4.69, 9.17) is 14.2 Å². The van der Waals surface area contributed by atoms with Gasteiger partial charge in [0.15, 0.2) is 12.4 Å². The Morgan fingerprint density at radius 2 is 0.758 bits per heavy atom. The van der Waals surface area contributed by atoms with Crippen molar-refractivity contribution in [2.24, 2.45) is 0 Å². The summed E-state index contributed by atoms with van der Waals surface area (Å²) in [4.78, 5) is 26.8. The van der Waals surface area contributed by atoms with E-state index in [2.05, 4.69) is 86.8 Å². The van der Waals surface area contributed by atoms with Gasteiger partial charge in [0.2, 0.25) is 5.91 Å². The molecule has 1 saturated heterocycles. The van der Waals surface area contributed by atoms with Crippen LogP contribution in [-0.4, -0.2) is 99.6 Å². The zero-order chi connectivity index (χ0) is 68.8. The molecular weight excluding hydrogens is 1180 g/mol. The number of hydrogen-bond acceptors (Lipinski definition) is 10. The van der Waals surface area contributed by atoms with Crippen LogP contribution in [0.4, 0.5) is 0 Å². The molecule has 1 heterocycles. The van der Waals surface area contributed by atoms with Crippen LogP contribution in [0.15, 0.2) is 72.9 Å². The van der Waals surface area contributed by atoms with E-state index in [1.165, 1.54) is 244 Å². The molecule has 1 aliphatic heterocycles. The summed E-state index contributed by atoms with van der Waals surface area (Å²) in [6.07, 6.45) is 83.9. The Hall–Kier alpha value is -2.90. The maximum atomic E-state index is 13.5. The minimum atomic E-state index is -1.62. The van der Waals surface area contributed by atoms with Gasteiger partial charge >= 0.3 is 5.97 Å². The van der Waals surface area contributed by atoms with Crippen LogP contribution in [0.1, 0.15) is 387 Å². The summed E-state index contributed by atoms with van der Waals surface area (Å²) in [5.74, 6) is -1.18. The van der Waals surface area contributed by atoms with Crippen molar-refractivity contribution in [1.29, 1.82) is 0 Å². The van der Waals surface area contributed by atoms with Crippen molar-refractivity contribution in [2.45, 2.75) is 436 Å². The van der Waals surface area contributed by atoms with Gasteiger partial charge in [-0.2, -0.15) is 0 Å². The highest BCUT2D eigenvalue weighted by atomic mass is 16.7. The van der Waals surface area contributed by atoms with E-state index in [1.807, 2.05) is 6.08 Å². The summed E-state index contributed by atoms with van der Waals surface area (Å²) >= 11 is 0. The molecule has 0 aromatic carbocycles. The monoisotopic (exact) mass is 1340 g/mol. The number of allylic oxidation sites excluding steroid dienone is 11. The van der Waals surface area contributed by atoms with Crippen LogP contribution in [-0.2, 0) is 23.8 Å². The van der Waals surface area contributed by atoms with Gasteiger partial charge in [-0.05, 0) is 70.6 Å². The van der Waals surface area contributed by atoms with Crippen LogP contribution < -0.4 is 5.32 Å². The maximum absolute atomic E-state index is 13.5. The fourth-order valence-electron chi connectivity index (χ4n) is 12.8. The average molecular weight is 1340 g/mol. The Balaban J connectivity index is 2.49. The van der Waals surface area contributed by atoms with Crippen molar-refractivity contribution in [3.8, 4) is 0 Å². The molecule has 11 nitrogen and oxygen atoms in total. The van der Waals surface area contributed by atoms with Crippen LogP contribution >= 0.6 is 0 Å².